The van der Waals surface area contributed by atoms with Crippen molar-refractivity contribution in [3.05, 3.63) is 119 Å². The van der Waals surface area contributed by atoms with Crippen LogP contribution in [0, 0.1) is 10.8 Å². The Balaban J connectivity index is 0. The molecule has 2 heterocycles. The standard InChI is InChI=1S/C16H24O3.C14H14.C10H14.2C9H16O3.4CH4/c1-6-16(4,5)14-10-8-13(9-11-14)15(17)19-12(3)18-7-2;1-9-10(2)13-8-4-6-11-5-3-7-12(9)14(11)13;1-3-9(2)10-7-5-4-6-8-10;2*1-4-9(2,3)8(10)12-6-7-5-11-7;;;;/h8-12H,6-7H2,1-5H3;3-10H,1-2H3;4-9H,3H2,1-2H3;2*7H,4-6H2,1-3H3;4*1H4. The number of hydrogen-bond acceptors (Lipinski definition) is 9. The number of epoxide rings is 2. The van der Waals surface area contributed by atoms with Crippen LogP contribution < -0.4 is 0 Å². The average molecular weight is 989 g/mol. The molecule has 9 nitrogen and oxygen atoms in total. The van der Waals surface area contributed by atoms with Crippen LogP contribution in [0.1, 0.15) is 210 Å². The summed E-state index contributed by atoms with van der Waals surface area (Å²) in [4.78, 5) is 34.6. The van der Waals surface area contributed by atoms with E-state index in [-0.39, 0.29) is 76.1 Å². The summed E-state index contributed by atoms with van der Waals surface area (Å²) in [5.74, 6) is 1.47. The zero-order valence-corrected chi connectivity index (χ0v) is 43.7. The molecule has 3 aliphatic rings. The SMILES string of the molecule is C.C.C.C.CC1c2cccc3cccc(c23)C1C.CCC(C)(C)C(=O)OCC1CO1.CCC(C)(C)C(=O)OCC1CO1.CCC(C)c1ccccc1.CCOC(C)OC(=O)c1ccc(C(C)(C)CC)cc1. The lowest BCUT2D eigenvalue weighted by Gasteiger charge is -2.23. The molecule has 7 rings (SSSR count). The molecule has 2 aliphatic heterocycles. The highest BCUT2D eigenvalue weighted by Crippen LogP contribution is 2.45. The summed E-state index contributed by atoms with van der Waals surface area (Å²) in [5.41, 5.74) is 5.72. The Labute approximate surface area is 433 Å². The van der Waals surface area contributed by atoms with Crippen molar-refractivity contribution in [2.75, 3.05) is 33.0 Å². The van der Waals surface area contributed by atoms with E-state index in [1.807, 2.05) is 72.7 Å². The maximum Gasteiger partial charge on any atom is 0.340 e. The summed E-state index contributed by atoms with van der Waals surface area (Å²) in [7, 11) is 0. The molecule has 0 spiro atoms. The maximum atomic E-state index is 11.9. The fraction of sp³-hybridized carbons (Fsp3) is 0.597. The Kier molecular flexibility index (Phi) is 31.4. The molecule has 71 heavy (non-hydrogen) atoms. The first-order valence-electron chi connectivity index (χ1n) is 24.7. The molecular weight excluding hydrogens is 889 g/mol. The predicted molar refractivity (Wildman–Crippen MR) is 299 cm³/mol. The third-order valence-corrected chi connectivity index (χ3v) is 13.6. The molecule has 0 radical (unpaired) electrons. The smallest absolute Gasteiger partial charge is 0.340 e. The highest BCUT2D eigenvalue weighted by Gasteiger charge is 2.32. The van der Waals surface area contributed by atoms with Gasteiger partial charge >= 0.3 is 17.9 Å². The van der Waals surface area contributed by atoms with Gasteiger partial charge in [-0.05, 0) is 136 Å². The van der Waals surface area contributed by atoms with Gasteiger partial charge in [-0.1, -0.05) is 171 Å². The summed E-state index contributed by atoms with van der Waals surface area (Å²) < 4.78 is 30.3. The second-order valence-corrected chi connectivity index (χ2v) is 19.9. The Morgan fingerprint density at radius 3 is 1.41 bits per heavy atom. The summed E-state index contributed by atoms with van der Waals surface area (Å²) in [5, 5.41) is 2.91. The molecule has 2 fully saturated rings. The molecule has 0 amide bonds. The highest BCUT2D eigenvalue weighted by molar-refractivity contribution is 5.92. The molecule has 402 valence electrons. The first-order chi connectivity index (χ1) is 31.7. The molecule has 1 aliphatic carbocycles. The van der Waals surface area contributed by atoms with Gasteiger partial charge in [-0.25, -0.2) is 4.79 Å². The number of ether oxygens (including phenoxy) is 6. The van der Waals surface area contributed by atoms with Crippen LogP contribution in [0.3, 0.4) is 0 Å². The van der Waals surface area contributed by atoms with Gasteiger partial charge in [0.1, 0.15) is 25.4 Å². The van der Waals surface area contributed by atoms with Crippen molar-refractivity contribution in [3.63, 3.8) is 0 Å². The van der Waals surface area contributed by atoms with Crippen molar-refractivity contribution >= 4 is 28.7 Å². The van der Waals surface area contributed by atoms with Crippen LogP contribution in [0.5, 0.6) is 0 Å². The molecule has 4 aromatic rings. The van der Waals surface area contributed by atoms with Crippen molar-refractivity contribution in [1.82, 2.24) is 0 Å². The van der Waals surface area contributed by atoms with Gasteiger partial charge in [0.05, 0.1) is 29.6 Å². The van der Waals surface area contributed by atoms with Crippen LogP contribution in [0.15, 0.2) is 91.0 Å². The van der Waals surface area contributed by atoms with E-state index in [0.29, 0.717) is 43.1 Å². The minimum Gasteiger partial charge on any atom is -0.462 e. The molecule has 6 atom stereocenters. The minimum atomic E-state index is -0.510. The number of rotatable bonds is 16. The molecule has 0 saturated carbocycles. The maximum absolute atomic E-state index is 11.9. The van der Waals surface area contributed by atoms with Crippen LogP contribution in [-0.4, -0.2) is 69.4 Å². The summed E-state index contributed by atoms with van der Waals surface area (Å²) in [6.07, 6.45) is 3.71. The van der Waals surface area contributed by atoms with E-state index in [4.69, 9.17) is 28.4 Å². The quantitative estimate of drug-likeness (QED) is 0.0469. The molecule has 2 saturated heterocycles. The van der Waals surface area contributed by atoms with E-state index in [1.165, 1.54) is 39.4 Å². The van der Waals surface area contributed by atoms with Crippen LogP contribution in [0.2, 0.25) is 0 Å². The van der Waals surface area contributed by atoms with E-state index in [2.05, 4.69) is 115 Å². The van der Waals surface area contributed by atoms with Crippen molar-refractivity contribution in [2.45, 2.75) is 201 Å². The summed E-state index contributed by atoms with van der Waals surface area (Å²) >= 11 is 0. The van der Waals surface area contributed by atoms with Crippen LogP contribution in [-0.2, 0) is 43.4 Å². The van der Waals surface area contributed by atoms with Gasteiger partial charge in [-0.15, -0.1) is 0 Å². The van der Waals surface area contributed by atoms with Crippen LogP contribution in [0.25, 0.3) is 10.8 Å². The highest BCUT2D eigenvalue weighted by atomic mass is 16.7. The Hall–Kier alpha value is -4.57. The second kappa shape index (κ2) is 32.5. The van der Waals surface area contributed by atoms with E-state index in [9.17, 15) is 14.4 Å². The number of carbonyl (C=O) groups is 3. The van der Waals surface area contributed by atoms with Gasteiger partial charge in [-0.3, -0.25) is 9.59 Å². The zero-order valence-electron chi connectivity index (χ0n) is 43.7. The van der Waals surface area contributed by atoms with E-state index < -0.39 is 6.29 Å². The number of benzene rings is 4. The molecule has 0 N–H and O–H groups in total. The zero-order chi connectivity index (χ0) is 50.0. The number of esters is 3. The summed E-state index contributed by atoms with van der Waals surface area (Å²) in [6.45, 7) is 33.6. The van der Waals surface area contributed by atoms with Crippen molar-refractivity contribution in [3.8, 4) is 0 Å². The third kappa shape index (κ3) is 22.0. The van der Waals surface area contributed by atoms with Crippen molar-refractivity contribution < 1.29 is 42.8 Å². The van der Waals surface area contributed by atoms with Gasteiger partial charge in [0, 0.05) is 6.61 Å². The minimum absolute atomic E-state index is 0. The fourth-order valence-corrected chi connectivity index (χ4v) is 6.81. The monoisotopic (exact) mass is 989 g/mol. The molecule has 0 aromatic heterocycles. The Bertz CT molecular complexity index is 2020. The van der Waals surface area contributed by atoms with E-state index in [0.717, 1.165) is 32.5 Å². The van der Waals surface area contributed by atoms with Gasteiger partial charge in [-0.2, -0.15) is 0 Å². The molecule has 4 aromatic carbocycles. The fourth-order valence-electron chi connectivity index (χ4n) is 6.81. The molecule has 0 bridgehead atoms. The van der Waals surface area contributed by atoms with Crippen LogP contribution in [0.4, 0.5) is 0 Å². The van der Waals surface area contributed by atoms with Gasteiger partial charge in [0.2, 0.25) is 0 Å². The van der Waals surface area contributed by atoms with Gasteiger partial charge in [0.25, 0.3) is 0 Å². The van der Waals surface area contributed by atoms with Gasteiger partial charge < -0.3 is 28.4 Å². The van der Waals surface area contributed by atoms with E-state index in [1.54, 1.807) is 6.92 Å². The molecule has 6 unspecified atom stereocenters. The number of hydrogen-bond donors (Lipinski definition) is 0. The Morgan fingerprint density at radius 2 is 1.04 bits per heavy atom. The third-order valence-electron chi connectivity index (χ3n) is 13.6. The normalized spacial score (nSPS) is 17.6. The van der Waals surface area contributed by atoms with Crippen LogP contribution >= 0.6 is 0 Å². The van der Waals surface area contributed by atoms with E-state index >= 15 is 0 Å². The lowest BCUT2D eigenvalue weighted by atomic mass is 9.82. The summed E-state index contributed by atoms with van der Waals surface area (Å²) in [6, 6.07) is 31.6. The molecular formula is C62H100O9. The first kappa shape index (κ1) is 68.5. The Morgan fingerprint density at radius 1 is 0.606 bits per heavy atom. The molecule has 9 heteroatoms. The topological polar surface area (TPSA) is 113 Å². The first-order valence-corrected chi connectivity index (χ1v) is 24.7. The van der Waals surface area contributed by atoms with Crippen molar-refractivity contribution in [2.24, 2.45) is 10.8 Å². The lowest BCUT2D eigenvalue weighted by Crippen LogP contribution is -2.27. The largest absolute Gasteiger partial charge is 0.462 e. The van der Waals surface area contributed by atoms with Crippen molar-refractivity contribution in [1.29, 1.82) is 0 Å². The number of carbonyl (C=O) groups excluding carboxylic acids is 3. The second-order valence-electron chi connectivity index (χ2n) is 19.9. The lowest BCUT2D eigenvalue weighted by molar-refractivity contribution is -0.155. The predicted octanol–water partition coefficient (Wildman–Crippen LogP) is 16.4. The average Bonchev–Trinajstić information content (AvgIpc) is 4.29. The van der Waals surface area contributed by atoms with Gasteiger partial charge in [0.15, 0.2) is 6.29 Å².